The van der Waals surface area contributed by atoms with Gasteiger partial charge in [-0.05, 0) is 54.8 Å². The molecule has 2 aromatic rings. The van der Waals surface area contributed by atoms with E-state index in [2.05, 4.69) is 5.32 Å². The fourth-order valence-electron chi connectivity index (χ4n) is 2.24. The lowest BCUT2D eigenvalue weighted by Gasteiger charge is -2.12. The minimum atomic E-state index is 0.294. The van der Waals surface area contributed by atoms with Crippen molar-refractivity contribution in [3.8, 4) is 17.2 Å². The van der Waals surface area contributed by atoms with Gasteiger partial charge in [-0.2, -0.15) is 0 Å². The Morgan fingerprint density at radius 1 is 1.05 bits per heavy atom. The maximum Gasteiger partial charge on any atom is 0.231 e. The third-order valence-corrected chi connectivity index (χ3v) is 3.46. The molecule has 20 heavy (non-hydrogen) atoms. The van der Waals surface area contributed by atoms with Crippen molar-refractivity contribution in [3.05, 3.63) is 47.0 Å². The van der Waals surface area contributed by atoms with Gasteiger partial charge in [0, 0.05) is 12.2 Å². The highest BCUT2D eigenvalue weighted by molar-refractivity contribution is 5.57. The van der Waals surface area contributed by atoms with Crippen LogP contribution in [0.2, 0.25) is 0 Å². The molecule has 0 atom stereocenters. The molecular weight excluding hydrogens is 254 g/mol. The minimum Gasteiger partial charge on any atom is -0.508 e. The van der Waals surface area contributed by atoms with E-state index in [4.69, 9.17) is 9.47 Å². The quantitative estimate of drug-likeness (QED) is 0.841. The third-order valence-electron chi connectivity index (χ3n) is 3.46. The molecule has 1 heterocycles. The van der Waals surface area contributed by atoms with Crippen molar-refractivity contribution in [2.45, 2.75) is 20.4 Å². The van der Waals surface area contributed by atoms with Gasteiger partial charge in [0.05, 0.1) is 0 Å². The molecule has 104 valence electrons. The van der Waals surface area contributed by atoms with Crippen LogP contribution in [0.3, 0.4) is 0 Å². The predicted octanol–water partition coefficient (Wildman–Crippen LogP) is 3.35. The number of ether oxygens (including phenoxy) is 2. The van der Waals surface area contributed by atoms with E-state index in [1.54, 1.807) is 6.07 Å². The topological polar surface area (TPSA) is 50.7 Å². The number of aromatic hydroxyl groups is 1. The summed E-state index contributed by atoms with van der Waals surface area (Å²) in [4.78, 5) is 0. The zero-order valence-corrected chi connectivity index (χ0v) is 11.6. The molecule has 0 radical (unpaired) electrons. The molecule has 0 aliphatic carbocycles. The summed E-state index contributed by atoms with van der Waals surface area (Å²) in [5, 5.41) is 13.0. The molecule has 2 aromatic carbocycles. The van der Waals surface area contributed by atoms with Gasteiger partial charge in [-0.25, -0.2) is 0 Å². The number of benzene rings is 2. The van der Waals surface area contributed by atoms with Crippen LogP contribution >= 0.6 is 0 Å². The molecule has 0 unspecified atom stereocenters. The van der Waals surface area contributed by atoms with Crippen LogP contribution in [0.4, 0.5) is 5.69 Å². The van der Waals surface area contributed by atoms with E-state index < -0.39 is 0 Å². The molecule has 3 rings (SSSR count). The zero-order valence-electron chi connectivity index (χ0n) is 11.6. The Hall–Kier alpha value is -2.36. The van der Waals surface area contributed by atoms with Crippen LogP contribution in [0, 0.1) is 13.8 Å². The fourth-order valence-corrected chi connectivity index (χ4v) is 2.24. The second-order valence-corrected chi connectivity index (χ2v) is 4.99. The van der Waals surface area contributed by atoms with Crippen LogP contribution in [0.5, 0.6) is 17.2 Å². The second-order valence-electron chi connectivity index (χ2n) is 4.99. The zero-order chi connectivity index (χ0) is 14.1. The highest BCUT2D eigenvalue weighted by atomic mass is 16.7. The highest BCUT2D eigenvalue weighted by Crippen LogP contribution is 2.33. The SMILES string of the molecule is Cc1cc(NCc2ccc3c(c2)OCO3)c(C)cc1O. The van der Waals surface area contributed by atoms with Crippen LogP contribution in [0.25, 0.3) is 0 Å². The van der Waals surface area contributed by atoms with Crippen molar-refractivity contribution in [3.63, 3.8) is 0 Å². The van der Waals surface area contributed by atoms with E-state index in [1.807, 2.05) is 38.1 Å². The molecule has 0 saturated heterocycles. The third kappa shape index (κ3) is 2.37. The number of hydrogen-bond donors (Lipinski definition) is 2. The minimum absolute atomic E-state index is 0.294. The van der Waals surface area contributed by atoms with E-state index in [1.165, 1.54) is 0 Å². The summed E-state index contributed by atoms with van der Waals surface area (Å²) in [5.41, 5.74) is 4.04. The lowest BCUT2D eigenvalue weighted by atomic mass is 10.1. The van der Waals surface area contributed by atoms with Crippen LogP contribution in [0.15, 0.2) is 30.3 Å². The van der Waals surface area contributed by atoms with Gasteiger partial charge in [-0.3, -0.25) is 0 Å². The maximum absolute atomic E-state index is 9.66. The number of rotatable bonds is 3. The number of anilines is 1. The molecule has 0 saturated carbocycles. The van der Waals surface area contributed by atoms with Gasteiger partial charge in [-0.15, -0.1) is 0 Å². The Labute approximate surface area is 118 Å². The van der Waals surface area contributed by atoms with Crippen molar-refractivity contribution < 1.29 is 14.6 Å². The summed E-state index contributed by atoms with van der Waals surface area (Å²) in [6.45, 7) is 4.85. The molecule has 0 fully saturated rings. The van der Waals surface area contributed by atoms with Crippen LogP contribution in [-0.2, 0) is 6.54 Å². The van der Waals surface area contributed by atoms with Gasteiger partial charge in [0.25, 0.3) is 0 Å². The fraction of sp³-hybridized carbons (Fsp3) is 0.250. The summed E-state index contributed by atoms with van der Waals surface area (Å²) in [7, 11) is 0. The first-order chi connectivity index (χ1) is 9.63. The van der Waals surface area contributed by atoms with Gasteiger partial charge < -0.3 is 19.9 Å². The summed E-state index contributed by atoms with van der Waals surface area (Å²) in [6.07, 6.45) is 0. The largest absolute Gasteiger partial charge is 0.508 e. The van der Waals surface area contributed by atoms with Gasteiger partial charge in [0.15, 0.2) is 11.5 Å². The van der Waals surface area contributed by atoms with Gasteiger partial charge in [0.1, 0.15) is 5.75 Å². The van der Waals surface area contributed by atoms with Crippen molar-refractivity contribution in [1.29, 1.82) is 0 Å². The van der Waals surface area contributed by atoms with Crippen LogP contribution in [-0.4, -0.2) is 11.9 Å². The van der Waals surface area contributed by atoms with E-state index in [9.17, 15) is 5.11 Å². The number of phenols is 1. The van der Waals surface area contributed by atoms with Crippen molar-refractivity contribution >= 4 is 5.69 Å². The standard InChI is InChI=1S/C16H17NO3/c1-10-6-14(18)11(2)5-13(10)17-8-12-3-4-15-16(7-12)20-9-19-15/h3-7,17-18H,8-9H2,1-2H3. The first-order valence-corrected chi connectivity index (χ1v) is 6.56. The molecule has 2 N–H and O–H groups in total. The smallest absolute Gasteiger partial charge is 0.231 e. The molecule has 4 heteroatoms. The summed E-state index contributed by atoms with van der Waals surface area (Å²) in [6, 6.07) is 9.66. The number of hydrogen-bond acceptors (Lipinski definition) is 4. The molecule has 0 bridgehead atoms. The van der Waals surface area contributed by atoms with Gasteiger partial charge in [-0.1, -0.05) is 6.07 Å². The number of phenolic OH excluding ortho intramolecular Hbond substituents is 1. The summed E-state index contributed by atoms with van der Waals surface area (Å²) in [5.74, 6) is 1.92. The number of nitrogens with one attached hydrogen (secondary N) is 1. The van der Waals surface area contributed by atoms with Crippen LogP contribution in [0.1, 0.15) is 16.7 Å². The van der Waals surface area contributed by atoms with Crippen LogP contribution < -0.4 is 14.8 Å². The maximum atomic E-state index is 9.66. The average Bonchev–Trinajstić information content (AvgIpc) is 2.89. The Morgan fingerprint density at radius 2 is 1.85 bits per heavy atom. The predicted molar refractivity (Wildman–Crippen MR) is 77.5 cm³/mol. The Balaban J connectivity index is 1.75. The first kappa shape index (κ1) is 12.7. The van der Waals surface area contributed by atoms with Crippen molar-refractivity contribution in [2.75, 3.05) is 12.1 Å². The lowest BCUT2D eigenvalue weighted by Crippen LogP contribution is -2.01. The molecule has 0 spiro atoms. The molecule has 1 aliphatic heterocycles. The molecule has 0 amide bonds. The molecule has 4 nitrogen and oxygen atoms in total. The Kier molecular flexibility index (Phi) is 3.14. The van der Waals surface area contributed by atoms with E-state index in [0.29, 0.717) is 19.1 Å². The lowest BCUT2D eigenvalue weighted by molar-refractivity contribution is 0.174. The van der Waals surface area contributed by atoms with E-state index in [-0.39, 0.29) is 0 Å². The molecule has 1 aliphatic rings. The highest BCUT2D eigenvalue weighted by Gasteiger charge is 2.13. The van der Waals surface area contributed by atoms with E-state index >= 15 is 0 Å². The Morgan fingerprint density at radius 3 is 2.70 bits per heavy atom. The van der Waals surface area contributed by atoms with Gasteiger partial charge >= 0.3 is 0 Å². The normalized spacial score (nSPS) is 12.5. The molecule has 0 aromatic heterocycles. The second kappa shape index (κ2) is 4.96. The monoisotopic (exact) mass is 271 g/mol. The molecular formula is C16H17NO3. The van der Waals surface area contributed by atoms with Gasteiger partial charge in [0.2, 0.25) is 6.79 Å². The van der Waals surface area contributed by atoms with Crippen molar-refractivity contribution in [1.82, 2.24) is 0 Å². The first-order valence-electron chi connectivity index (χ1n) is 6.56. The number of aryl methyl sites for hydroxylation is 2. The average molecular weight is 271 g/mol. The summed E-state index contributed by atoms with van der Waals surface area (Å²) >= 11 is 0. The number of fused-ring (bicyclic) bond motifs is 1. The Bertz CT molecular complexity index is 652. The summed E-state index contributed by atoms with van der Waals surface area (Å²) < 4.78 is 10.7. The van der Waals surface area contributed by atoms with E-state index in [0.717, 1.165) is 33.9 Å². The van der Waals surface area contributed by atoms with Crippen molar-refractivity contribution in [2.24, 2.45) is 0 Å².